The number of amides is 1. The predicted molar refractivity (Wildman–Crippen MR) is 117 cm³/mol. The molecule has 0 bridgehead atoms. The lowest BCUT2D eigenvalue weighted by atomic mass is 10.1. The van der Waals surface area contributed by atoms with Crippen molar-refractivity contribution < 1.29 is 19.1 Å². The fraction of sp³-hybridized carbons (Fsp3) is 0.200. The summed E-state index contributed by atoms with van der Waals surface area (Å²) in [6.45, 7) is 5.76. The van der Waals surface area contributed by atoms with Crippen LogP contribution in [0.15, 0.2) is 66.7 Å². The van der Waals surface area contributed by atoms with E-state index in [1.165, 1.54) is 0 Å². The van der Waals surface area contributed by atoms with Crippen LogP contribution in [-0.4, -0.2) is 18.5 Å². The van der Waals surface area contributed by atoms with Crippen molar-refractivity contribution in [1.29, 1.82) is 0 Å². The summed E-state index contributed by atoms with van der Waals surface area (Å²) in [4.78, 5) is 24.6. The van der Waals surface area contributed by atoms with E-state index in [4.69, 9.17) is 9.47 Å². The zero-order chi connectivity index (χ0) is 21.5. The molecule has 154 valence electrons. The normalized spacial score (nSPS) is 10.4. The second-order valence-electron chi connectivity index (χ2n) is 7.02. The smallest absolute Gasteiger partial charge is 0.349 e. The minimum atomic E-state index is -0.506. The second-order valence-corrected chi connectivity index (χ2v) is 7.02. The SMILES string of the molecule is CCc1ccccc1OCC(=O)Oc1ccc(C(=O)Nc2cc(C)ccc2C)cc1. The van der Waals surface area contributed by atoms with Gasteiger partial charge < -0.3 is 14.8 Å². The molecule has 0 heterocycles. The number of hydrogen-bond acceptors (Lipinski definition) is 4. The molecule has 0 fully saturated rings. The van der Waals surface area contributed by atoms with Crippen LogP contribution in [0.3, 0.4) is 0 Å². The fourth-order valence-corrected chi connectivity index (χ4v) is 2.97. The highest BCUT2D eigenvalue weighted by molar-refractivity contribution is 6.04. The zero-order valence-corrected chi connectivity index (χ0v) is 17.4. The van der Waals surface area contributed by atoms with Crippen LogP contribution in [0.25, 0.3) is 0 Å². The third-order valence-electron chi connectivity index (χ3n) is 4.69. The minimum Gasteiger partial charge on any atom is -0.482 e. The van der Waals surface area contributed by atoms with Crippen molar-refractivity contribution in [2.45, 2.75) is 27.2 Å². The Morgan fingerprint density at radius 2 is 1.67 bits per heavy atom. The molecule has 0 unspecified atom stereocenters. The van der Waals surface area contributed by atoms with Crippen molar-refractivity contribution in [3.05, 3.63) is 89.0 Å². The lowest BCUT2D eigenvalue weighted by molar-refractivity contribution is -0.136. The average Bonchev–Trinajstić information content (AvgIpc) is 2.75. The average molecular weight is 403 g/mol. The van der Waals surface area contributed by atoms with Crippen LogP contribution < -0.4 is 14.8 Å². The lowest BCUT2D eigenvalue weighted by Crippen LogP contribution is -2.18. The molecule has 0 saturated carbocycles. The molecule has 0 saturated heterocycles. The van der Waals surface area contributed by atoms with Gasteiger partial charge in [0.2, 0.25) is 0 Å². The van der Waals surface area contributed by atoms with E-state index in [1.54, 1.807) is 24.3 Å². The number of hydrogen-bond donors (Lipinski definition) is 1. The van der Waals surface area contributed by atoms with Crippen LogP contribution in [0, 0.1) is 13.8 Å². The van der Waals surface area contributed by atoms with E-state index in [2.05, 4.69) is 5.32 Å². The topological polar surface area (TPSA) is 64.6 Å². The Morgan fingerprint density at radius 1 is 0.933 bits per heavy atom. The molecular weight excluding hydrogens is 378 g/mol. The zero-order valence-electron chi connectivity index (χ0n) is 17.4. The van der Waals surface area contributed by atoms with Gasteiger partial charge in [-0.25, -0.2) is 4.79 Å². The first-order valence-electron chi connectivity index (χ1n) is 9.86. The van der Waals surface area contributed by atoms with Gasteiger partial charge in [-0.05, 0) is 73.4 Å². The van der Waals surface area contributed by atoms with Crippen LogP contribution >= 0.6 is 0 Å². The van der Waals surface area contributed by atoms with E-state index in [-0.39, 0.29) is 12.5 Å². The number of benzene rings is 3. The summed E-state index contributed by atoms with van der Waals surface area (Å²) in [7, 11) is 0. The van der Waals surface area contributed by atoms with E-state index < -0.39 is 5.97 Å². The Morgan fingerprint density at radius 3 is 2.40 bits per heavy atom. The molecule has 0 aliphatic heterocycles. The molecule has 3 rings (SSSR count). The summed E-state index contributed by atoms with van der Waals surface area (Å²) in [5, 5.41) is 2.91. The first-order chi connectivity index (χ1) is 14.5. The maximum atomic E-state index is 12.5. The third-order valence-corrected chi connectivity index (χ3v) is 4.69. The Labute approximate surface area is 176 Å². The molecule has 5 heteroatoms. The van der Waals surface area contributed by atoms with Gasteiger partial charge in [0, 0.05) is 11.3 Å². The molecule has 0 aliphatic carbocycles. The Bertz CT molecular complexity index is 1040. The second kappa shape index (κ2) is 9.74. The van der Waals surface area contributed by atoms with Gasteiger partial charge in [0.05, 0.1) is 0 Å². The summed E-state index contributed by atoms with van der Waals surface area (Å²) in [5.74, 6) is 0.306. The summed E-state index contributed by atoms with van der Waals surface area (Å²) >= 11 is 0. The van der Waals surface area contributed by atoms with Gasteiger partial charge in [-0.3, -0.25) is 4.79 Å². The standard InChI is InChI=1S/C25H25NO4/c1-4-19-7-5-6-8-23(19)29-16-24(27)30-21-13-11-20(12-14-21)25(28)26-22-15-17(2)9-10-18(22)3/h5-15H,4,16H2,1-3H3,(H,26,28). The number of nitrogens with one attached hydrogen (secondary N) is 1. The number of carbonyl (C=O) groups excluding carboxylic acids is 2. The van der Waals surface area contributed by atoms with Crippen molar-refractivity contribution in [3.8, 4) is 11.5 Å². The van der Waals surface area contributed by atoms with E-state index >= 15 is 0 Å². The summed E-state index contributed by atoms with van der Waals surface area (Å²) in [6.07, 6.45) is 0.816. The number of para-hydroxylation sites is 1. The molecule has 5 nitrogen and oxygen atoms in total. The number of carbonyl (C=O) groups is 2. The molecule has 0 aromatic heterocycles. The number of ether oxygens (including phenoxy) is 2. The Balaban J connectivity index is 1.56. The van der Waals surface area contributed by atoms with Crippen molar-refractivity contribution in [2.75, 3.05) is 11.9 Å². The van der Waals surface area contributed by atoms with Gasteiger partial charge in [0.15, 0.2) is 6.61 Å². The highest BCUT2D eigenvalue weighted by Gasteiger charge is 2.11. The van der Waals surface area contributed by atoms with Gasteiger partial charge in [0.25, 0.3) is 5.91 Å². The molecule has 0 aliphatic rings. The van der Waals surface area contributed by atoms with E-state index in [1.807, 2.05) is 63.2 Å². The van der Waals surface area contributed by atoms with Crippen LogP contribution in [0.1, 0.15) is 34.0 Å². The molecule has 1 amide bonds. The van der Waals surface area contributed by atoms with Crippen LogP contribution in [0.4, 0.5) is 5.69 Å². The lowest BCUT2D eigenvalue weighted by Gasteiger charge is -2.11. The summed E-state index contributed by atoms with van der Waals surface area (Å²) < 4.78 is 10.9. The van der Waals surface area contributed by atoms with E-state index in [0.717, 1.165) is 28.8 Å². The summed E-state index contributed by atoms with van der Waals surface area (Å²) in [5.41, 5.74) is 4.35. The molecule has 0 atom stereocenters. The van der Waals surface area contributed by atoms with Gasteiger partial charge >= 0.3 is 5.97 Å². The maximum Gasteiger partial charge on any atom is 0.349 e. The van der Waals surface area contributed by atoms with Gasteiger partial charge in [0.1, 0.15) is 11.5 Å². The molecule has 0 radical (unpaired) electrons. The van der Waals surface area contributed by atoms with Crippen LogP contribution in [0.2, 0.25) is 0 Å². The molecule has 30 heavy (non-hydrogen) atoms. The monoisotopic (exact) mass is 403 g/mol. The highest BCUT2D eigenvalue weighted by Crippen LogP contribution is 2.20. The summed E-state index contributed by atoms with van der Waals surface area (Å²) in [6, 6.07) is 19.9. The minimum absolute atomic E-state index is 0.189. The molecular formula is C25H25NO4. The largest absolute Gasteiger partial charge is 0.482 e. The predicted octanol–water partition coefficient (Wildman–Crippen LogP) is 5.10. The third kappa shape index (κ3) is 5.47. The number of rotatable bonds is 7. The van der Waals surface area contributed by atoms with Gasteiger partial charge in [-0.2, -0.15) is 0 Å². The van der Waals surface area contributed by atoms with E-state index in [0.29, 0.717) is 17.1 Å². The van der Waals surface area contributed by atoms with Gasteiger partial charge in [-0.1, -0.05) is 37.3 Å². The highest BCUT2D eigenvalue weighted by atomic mass is 16.6. The molecule has 0 spiro atoms. The van der Waals surface area contributed by atoms with Crippen molar-refractivity contribution >= 4 is 17.6 Å². The molecule has 3 aromatic carbocycles. The molecule has 3 aromatic rings. The van der Waals surface area contributed by atoms with E-state index in [9.17, 15) is 9.59 Å². The first kappa shape index (κ1) is 21.1. The number of aryl methyl sites for hydroxylation is 3. The Hall–Kier alpha value is -3.60. The quantitative estimate of drug-likeness (QED) is 0.440. The number of esters is 1. The van der Waals surface area contributed by atoms with Crippen molar-refractivity contribution in [3.63, 3.8) is 0 Å². The maximum absolute atomic E-state index is 12.5. The van der Waals surface area contributed by atoms with Crippen LogP contribution in [-0.2, 0) is 11.2 Å². The van der Waals surface area contributed by atoms with Crippen LogP contribution in [0.5, 0.6) is 11.5 Å². The molecule has 1 N–H and O–H groups in total. The number of anilines is 1. The fourth-order valence-electron chi connectivity index (χ4n) is 2.97. The van der Waals surface area contributed by atoms with Crippen molar-refractivity contribution in [2.24, 2.45) is 0 Å². The first-order valence-corrected chi connectivity index (χ1v) is 9.86. The Kier molecular flexibility index (Phi) is 6.86. The van der Waals surface area contributed by atoms with Gasteiger partial charge in [-0.15, -0.1) is 0 Å². The van der Waals surface area contributed by atoms with Crippen molar-refractivity contribution in [1.82, 2.24) is 0 Å².